The molecule has 2 N–H and O–H groups in total. The van der Waals surface area contributed by atoms with Crippen LogP contribution in [0.1, 0.15) is 57.4 Å². The van der Waals surface area contributed by atoms with Gasteiger partial charge in [0.05, 0.1) is 0 Å². The third-order valence-corrected chi connectivity index (χ3v) is 4.90. The van der Waals surface area contributed by atoms with E-state index in [2.05, 4.69) is 23.8 Å². The zero-order valence-electron chi connectivity index (χ0n) is 11.0. The van der Waals surface area contributed by atoms with Crippen LogP contribution in [0.4, 0.5) is 0 Å². The molecule has 0 saturated heterocycles. The molecule has 1 aromatic heterocycles. The van der Waals surface area contributed by atoms with Gasteiger partial charge in [0.15, 0.2) is 0 Å². The van der Waals surface area contributed by atoms with Crippen molar-refractivity contribution in [1.29, 1.82) is 0 Å². The molecule has 17 heavy (non-hydrogen) atoms. The first-order valence-electron chi connectivity index (χ1n) is 7.02. The monoisotopic (exact) mass is 251 g/mol. The number of hydrogen-bond acceptors (Lipinski definition) is 2. The summed E-state index contributed by atoms with van der Waals surface area (Å²) in [5.41, 5.74) is 8.12. The zero-order valence-corrected chi connectivity index (χ0v) is 11.8. The third-order valence-electron chi connectivity index (χ3n) is 4.17. The first-order valence-corrected chi connectivity index (χ1v) is 7.96. The van der Waals surface area contributed by atoms with Crippen LogP contribution in [0.15, 0.2) is 16.8 Å². The second-order valence-corrected chi connectivity index (χ2v) is 6.54. The van der Waals surface area contributed by atoms with Crippen LogP contribution in [0.3, 0.4) is 0 Å². The highest BCUT2D eigenvalue weighted by molar-refractivity contribution is 7.07. The van der Waals surface area contributed by atoms with Crippen LogP contribution < -0.4 is 5.73 Å². The summed E-state index contributed by atoms with van der Waals surface area (Å²) < 4.78 is 0. The predicted molar refractivity (Wildman–Crippen MR) is 76.4 cm³/mol. The Balaban J connectivity index is 1.92. The molecule has 0 spiro atoms. The topological polar surface area (TPSA) is 26.0 Å². The number of rotatable bonds is 4. The van der Waals surface area contributed by atoms with Crippen molar-refractivity contribution in [3.8, 4) is 0 Å². The lowest BCUT2D eigenvalue weighted by Gasteiger charge is -2.28. The van der Waals surface area contributed by atoms with Crippen molar-refractivity contribution in [3.05, 3.63) is 22.4 Å². The van der Waals surface area contributed by atoms with E-state index in [0.717, 1.165) is 12.3 Å². The summed E-state index contributed by atoms with van der Waals surface area (Å²) in [4.78, 5) is 0. The van der Waals surface area contributed by atoms with Crippen LogP contribution in [-0.4, -0.2) is 5.54 Å². The Bertz CT molecular complexity index is 320. The number of hydrogen-bond donors (Lipinski definition) is 1. The van der Waals surface area contributed by atoms with Crippen molar-refractivity contribution >= 4 is 11.3 Å². The minimum atomic E-state index is 0.0730. The van der Waals surface area contributed by atoms with E-state index in [0.29, 0.717) is 0 Å². The standard InChI is InChI=1S/C15H25NS/c1-2-4-13-5-3-8-15(16,9-6-13)11-14-7-10-17-12-14/h7,10,12-13H,2-6,8-9,11,16H2,1H3. The van der Waals surface area contributed by atoms with Gasteiger partial charge in [-0.3, -0.25) is 0 Å². The van der Waals surface area contributed by atoms with Crippen molar-refractivity contribution in [2.45, 2.75) is 63.8 Å². The van der Waals surface area contributed by atoms with Crippen molar-refractivity contribution in [2.24, 2.45) is 11.7 Å². The molecule has 1 aliphatic rings. The summed E-state index contributed by atoms with van der Waals surface area (Å²) >= 11 is 1.79. The van der Waals surface area contributed by atoms with Gasteiger partial charge in [0.2, 0.25) is 0 Å². The molecule has 1 nitrogen and oxygen atoms in total. The molecular formula is C15H25NS. The highest BCUT2D eigenvalue weighted by Gasteiger charge is 2.29. The summed E-state index contributed by atoms with van der Waals surface area (Å²) in [6, 6.07) is 2.23. The minimum absolute atomic E-state index is 0.0730. The molecule has 1 saturated carbocycles. The fraction of sp³-hybridized carbons (Fsp3) is 0.733. The van der Waals surface area contributed by atoms with Crippen LogP contribution in [0.5, 0.6) is 0 Å². The van der Waals surface area contributed by atoms with Crippen molar-refractivity contribution in [2.75, 3.05) is 0 Å². The molecule has 1 fully saturated rings. The fourth-order valence-corrected chi connectivity index (χ4v) is 3.85. The Morgan fingerprint density at radius 2 is 2.29 bits per heavy atom. The first kappa shape index (κ1) is 13.1. The Hall–Kier alpha value is -0.340. The largest absolute Gasteiger partial charge is 0.325 e. The van der Waals surface area contributed by atoms with Gasteiger partial charge in [-0.15, -0.1) is 0 Å². The van der Waals surface area contributed by atoms with E-state index in [9.17, 15) is 0 Å². The summed E-state index contributed by atoms with van der Waals surface area (Å²) in [6.07, 6.45) is 10.3. The smallest absolute Gasteiger partial charge is 0.0195 e. The predicted octanol–water partition coefficient (Wildman–Crippen LogP) is 4.37. The van der Waals surface area contributed by atoms with Crippen LogP contribution >= 0.6 is 11.3 Å². The maximum absolute atomic E-state index is 6.61. The molecule has 0 aliphatic heterocycles. The van der Waals surface area contributed by atoms with E-state index in [1.54, 1.807) is 11.3 Å². The highest BCUT2D eigenvalue weighted by Crippen LogP contribution is 2.33. The molecule has 0 bridgehead atoms. The zero-order chi connectivity index (χ0) is 12.1. The number of thiophene rings is 1. The van der Waals surface area contributed by atoms with E-state index < -0.39 is 0 Å². The van der Waals surface area contributed by atoms with Crippen molar-refractivity contribution in [1.82, 2.24) is 0 Å². The van der Waals surface area contributed by atoms with Crippen LogP contribution in [0.2, 0.25) is 0 Å². The van der Waals surface area contributed by atoms with Gasteiger partial charge in [-0.2, -0.15) is 11.3 Å². The molecule has 1 aliphatic carbocycles. The average Bonchev–Trinajstić information content (AvgIpc) is 2.72. The van der Waals surface area contributed by atoms with Crippen LogP contribution in [-0.2, 0) is 6.42 Å². The lowest BCUT2D eigenvalue weighted by atomic mass is 9.85. The SMILES string of the molecule is CCCC1CCCC(N)(Cc2ccsc2)CC1. The maximum Gasteiger partial charge on any atom is 0.0195 e. The first-order chi connectivity index (χ1) is 8.22. The molecule has 2 rings (SSSR count). The minimum Gasteiger partial charge on any atom is -0.325 e. The van der Waals surface area contributed by atoms with Gasteiger partial charge in [-0.25, -0.2) is 0 Å². The van der Waals surface area contributed by atoms with Crippen molar-refractivity contribution in [3.63, 3.8) is 0 Å². The van der Waals surface area contributed by atoms with E-state index in [4.69, 9.17) is 5.73 Å². The lowest BCUT2D eigenvalue weighted by molar-refractivity contribution is 0.355. The van der Waals surface area contributed by atoms with Gasteiger partial charge in [-0.1, -0.05) is 32.6 Å². The van der Waals surface area contributed by atoms with Crippen LogP contribution in [0.25, 0.3) is 0 Å². The second kappa shape index (κ2) is 6.01. The summed E-state index contributed by atoms with van der Waals surface area (Å²) in [5, 5.41) is 4.41. The molecular weight excluding hydrogens is 226 g/mol. The Kier molecular flexibility index (Phi) is 4.63. The quantitative estimate of drug-likeness (QED) is 0.790. The van der Waals surface area contributed by atoms with Gasteiger partial charge in [0.25, 0.3) is 0 Å². The molecule has 0 aromatic carbocycles. The second-order valence-electron chi connectivity index (χ2n) is 5.76. The summed E-state index contributed by atoms with van der Waals surface area (Å²) in [5.74, 6) is 0.938. The average molecular weight is 251 g/mol. The van der Waals surface area contributed by atoms with E-state index in [1.807, 2.05) is 0 Å². The maximum atomic E-state index is 6.61. The molecule has 2 unspecified atom stereocenters. The van der Waals surface area contributed by atoms with Gasteiger partial charge in [0, 0.05) is 5.54 Å². The van der Waals surface area contributed by atoms with Gasteiger partial charge in [-0.05, 0) is 54.0 Å². The molecule has 96 valence electrons. The normalized spacial score (nSPS) is 30.1. The molecule has 1 heterocycles. The Morgan fingerprint density at radius 3 is 3.00 bits per heavy atom. The van der Waals surface area contributed by atoms with Gasteiger partial charge >= 0.3 is 0 Å². The van der Waals surface area contributed by atoms with Crippen molar-refractivity contribution < 1.29 is 0 Å². The Morgan fingerprint density at radius 1 is 1.41 bits per heavy atom. The summed E-state index contributed by atoms with van der Waals surface area (Å²) in [7, 11) is 0. The number of nitrogens with two attached hydrogens (primary N) is 1. The summed E-state index contributed by atoms with van der Waals surface area (Å²) in [6.45, 7) is 2.30. The molecule has 2 atom stereocenters. The highest BCUT2D eigenvalue weighted by atomic mass is 32.1. The van der Waals surface area contributed by atoms with Gasteiger partial charge < -0.3 is 5.73 Å². The fourth-order valence-electron chi connectivity index (χ4n) is 3.18. The third kappa shape index (κ3) is 3.82. The van der Waals surface area contributed by atoms with E-state index in [-0.39, 0.29) is 5.54 Å². The van der Waals surface area contributed by atoms with Gasteiger partial charge in [0.1, 0.15) is 0 Å². The molecule has 0 amide bonds. The van der Waals surface area contributed by atoms with E-state index >= 15 is 0 Å². The molecule has 1 aromatic rings. The molecule has 2 heteroatoms. The molecule has 0 radical (unpaired) electrons. The lowest BCUT2D eigenvalue weighted by Crippen LogP contribution is -2.41. The Labute approximate surface area is 109 Å². The van der Waals surface area contributed by atoms with Crippen LogP contribution in [0, 0.1) is 5.92 Å². The van der Waals surface area contributed by atoms with E-state index in [1.165, 1.54) is 50.5 Å².